The number of hydrogen-bond acceptors (Lipinski definition) is 6. The summed E-state index contributed by atoms with van der Waals surface area (Å²) >= 11 is 5.94. The molecule has 1 aliphatic heterocycles. The SMILES string of the molecule is Cc1cc([N+](=O)[O-])ccc1NC(=O)C1CCCN(c2ccc(-c3ccc(Cl)cc3)nn2)C1. The van der Waals surface area contributed by atoms with Crippen LogP contribution in [-0.2, 0) is 4.79 Å². The highest BCUT2D eigenvalue weighted by atomic mass is 35.5. The fourth-order valence-electron chi connectivity index (χ4n) is 3.80. The van der Waals surface area contributed by atoms with Crippen molar-refractivity contribution in [2.75, 3.05) is 23.3 Å². The predicted octanol–water partition coefficient (Wildman–Crippen LogP) is 4.87. The number of amides is 1. The lowest BCUT2D eigenvalue weighted by molar-refractivity contribution is -0.384. The standard InChI is InChI=1S/C23H22ClN5O3/c1-15-13-19(29(31)32)8-9-20(15)25-23(30)17-3-2-12-28(14-17)22-11-10-21(26-27-22)16-4-6-18(24)7-5-16/h4-11,13,17H,2-3,12,14H2,1H3,(H,25,30). The normalized spacial score (nSPS) is 15.9. The summed E-state index contributed by atoms with van der Waals surface area (Å²) in [5.74, 6) is 0.417. The highest BCUT2D eigenvalue weighted by Crippen LogP contribution is 2.26. The molecule has 2 heterocycles. The molecule has 1 saturated heterocycles. The van der Waals surface area contributed by atoms with Gasteiger partial charge in [0.15, 0.2) is 5.82 Å². The monoisotopic (exact) mass is 451 g/mol. The van der Waals surface area contributed by atoms with Crippen LogP contribution in [0.4, 0.5) is 17.2 Å². The molecule has 164 valence electrons. The lowest BCUT2D eigenvalue weighted by Gasteiger charge is -2.32. The number of carbonyl (C=O) groups excluding carboxylic acids is 1. The Kier molecular flexibility index (Phi) is 6.32. The number of hydrogen-bond donors (Lipinski definition) is 1. The van der Waals surface area contributed by atoms with Gasteiger partial charge in [-0.2, -0.15) is 0 Å². The van der Waals surface area contributed by atoms with Gasteiger partial charge in [-0.3, -0.25) is 14.9 Å². The summed E-state index contributed by atoms with van der Waals surface area (Å²) in [6.45, 7) is 3.08. The molecular formula is C23H22ClN5O3. The summed E-state index contributed by atoms with van der Waals surface area (Å²) in [6.07, 6.45) is 1.63. The number of aromatic nitrogens is 2. The average Bonchev–Trinajstić information content (AvgIpc) is 2.81. The van der Waals surface area contributed by atoms with Crippen LogP contribution in [0, 0.1) is 23.0 Å². The fourth-order valence-corrected chi connectivity index (χ4v) is 3.93. The van der Waals surface area contributed by atoms with Crippen LogP contribution < -0.4 is 10.2 Å². The van der Waals surface area contributed by atoms with Crippen LogP contribution in [0.25, 0.3) is 11.3 Å². The first-order valence-electron chi connectivity index (χ1n) is 10.3. The molecule has 2 aromatic carbocycles. The van der Waals surface area contributed by atoms with Gasteiger partial charge in [0.2, 0.25) is 5.91 Å². The molecule has 0 saturated carbocycles. The molecule has 1 fully saturated rings. The highest BCUT2D eigenvalue weighted by molar-refractivity contribution is 6.30. The minimum Gasteiger partial charge on any atom is -0.354 e. The first-order valence-corrected chi connectivity index (χ1v) is 10.7. The number of nitrogens with zero attached hydrogens (tertiary/aromatic N) is 4. The quantitative estimate of drug-likeness (QED) is 0.438. The van der Waals surface area contributed by atoms with E-state index in [9.17, 15) is 14.9 Å². The van der Waals surface area contributed by atoms with Crippen LogP contribution in [0.5, 0.6) is 0 Å². The molecule has 1 aliphatic rings. The molecule has 1 atom stereocenters. The van der Waals surface area contributed by atoms with Crippen LogP contribution in [0.2, 0.25) is 5.02 Å². The third kappa shape index (κ3) is 4.86. The van der Waals surface area contributed by atoms with E-state index in [1.54, 1.807) is 13.0 Å². The van der Waals surface area contributed by atoms with E-state index in [1.807, 2.05) is 36.4 Å². The maximum absolute atomic E-state index is 12.9. The molecule has 32 heavy (non-hydrogen) atoms. The van der Waals surface area contributed by atoms with E-state index >= 15 is 0 Å². The van der Waals surface area contributed by atoms with Crippen LogP contribution >= 0.6 is 11.6 Å². The Morgan fingerprint density at radius 2 is 1.94 bits per heavy atom. The van der Waals surface area contributed by atoms with Crippen molar-refractivity contribution >= 4 is 34.7 Å². The van der Waals surface area contributed by atoms with E-state index in [0.717, 1.165) is 36.5 Å². The number of halogens is 1. The Labute approximate surface area is 190 Å². The fraction of sp³-hybridized carbons (Fsp3) is 0.261. The van der Waals surface area contributed by atoms with E-state index < -0.39 is 4.92 Å². The number of nitrogens with one attached hydrogen (secondary N) is 1. The molecule has 0 aliphatic carbocycles. The van der Waals surface area contributed by atoms with Gasteiger partial charge in [-0.1, -0.05) is 23.7 Å². The largest absolute Gasteiger partial charge is 0.354 e. The zero-order chi connectivity index (χ0) is 22.7. The minimum absolute atomic E-state index is 0.00459. The average molecular weight is 452 g/mol. The first-order chi connectivity index (χ1) is 15.4. The number of benzene rings is 2. The van der Waals surface area contributed by atoms with E-state index in [0.29, 0.717) is 22.8 Å². The lowest BCUT2D eigenvalue weighted by Crippen LogP contribution is -2.41. The van der Waals surface area contributed by atoms with Crippen molar-refractivity contribution in [3.63, 3.8) is 0 Å². The molecular weight excluding hydrogens is 430 g/mol. The van der Waals surface area contributed by atoms with Gasteiger partial charge in [0.25, 0.3) is 5.69 Å². The van der Waals surface area contributed by atoms with Gasteiger partial charge in [0, 0.05) is 41.5 Å². The molecule has 0 bridgehead atoms. The zero-order valence-corrected chi connectivity index (χ0v) is 18.2. The maximum Gasteiger partial charge on any atom is 0.269 e. The first kappa shape index (κ1) is 21.7. The second-order valence-corrected chi connectivity index (χ2v) is 8.25. The Balaban J connectivity index is 1.42. The summed E-state index contributed by atoms with van der Waals surface area (Å²) in [5.41, 5.74) is 2.94. The van der Waals surface area contributed by atoms with Crippen LogP contribution in [0.3, 0.4) is 0 Å². The topological polar surface area (TPSA) is 101 Å². The number of nitro groups is 1. The maximum atomic E-state index is 12.9. The minimum atomic E-state index is -0.448. The van der Waals surface area contributed by atoms with E-state index in [2.05, 4.69) is 20.4 Å². The zero-order valence-electron chi connectivity index (χ0n) is 17.5. The van der Waals surface area contributed by atoms with Crippen molar-refractivity contribution < 1.29 is 9.72 Å². The second-order valence-electron chi connectivity index (χ2n) is 7.81. The predicted molar refractivity (Wildman–Crippen MR) is 124 cm³/mol. The van der Waals surface area contributed by atoms with E-state index in [4.69, 9.17) is 11.6 Å². The summed E-state index contributed by atoms with van der Waals surface area (Å²) in [4.78, 5) is 25.4. The third-order valence-corrected chi connectivity index (χ3v) is 5.84. The smallest absolute Gasteiger partial charge is 0.269 e. The van der Waals surface area contributed by atoms with E-state index in [1.165, 1.54) is 12.1 Å². The Morgan fingerprint density at radius 1 is 1.16 bits per heavy atom. The summed E-state index contributed by atoms with van der Waals surface area (Å²) in [6, 6.07) is 15.7. The number of non-ortho nitro benzene ring substituents is 1. The van der Waals surface area contributed by atoms with Gasteiger partial charge >= 0.3 is 0 Å². The van der Waals surface area contributed by atoms with Crippen molar-refractivity contribution in [3.8, 4) is 11.3 Å². The Bertz CT molecular complexity index is 1140. The number of rotatable bonds is 5. The lowest BCUT2D eigenvalue weighted by atomic mass is 9.96. The number of carbonyl (C=O) groups is 1. The second kappa shape index (κ2) is 9.32. The summed E-state index contributed by atoms with van der Waals surface area (Å²) in [5, 5.41) is 23.2. The van der Waals surface area contributed by atoms with Crippen molar-refractivity contribution in [2.45, 2.75) is 19.8 Å². The molecule has 1 aromatic heterocycles. The van der Waals surface area contributed by atoms with Crippen LogP contribution in [0.15, 0.2) is 54.6 Å². The van der Waals surface area contributed by atoms with Crippen LogP contribution in [-0.4, -0.2) is 34.1 Å². The van der Waals surface area contributed by atoms with Gasteiger partial charge < -0.3 is 10.2 Å². The molecule has 0 radical (unpaired) electrons. The molecule has 4 rings (SSSR count). The molecule has 9 heteroatoms. The molecule has 0 spiro atoms. The van der Waals surface area contributed by atoms with Gasteiger partial charge in [-0.15, -0.1) is 10.2 Å². The third-order valence-electron chi connectivity index (χ3n) is 5.59. The number of anilines is 2. The summed E-state index contributed by atoms with van der Waals surface area (Å²) in [7, 11) is 0. The molecule has 8 nitrogen and oxygen atoms in total. The van der Waals surface area contributed by atoms with Gasteiger partial charge in [-0.05, 0) is 55.7 Å². The van der Waals surface area contributed by atoms with E-state index in [-0.39, 0.29) is 17.5 Å². The molecule has 1 unspecified atom stereocenters. The van der Waals surface area contributed by atoms with Crippen molar-refractivity contribution in [2.24, 2.45) is 5.92 Å². The number of aryl methyl sites for hydroxylation is 1. The van der Waals surface area contributed by atoms with Gasteiger partial charge in [-0.25, -0.2) is 0 Å². The van der Waals surface area contributed by atoms with Gasteiger partial charge in [0.1, 0.15) is 0 Å². The van der Waals surface area contributed by atoms with Gasteiger partial charge in [0.05, 0.1) is 16.5 Å². The molecule has 1 N–H and O–H groups in total. The van der Waals surface area contributed by atoms with Crippen molar-refractivity contribution in [1.29, 1.82) is 0 Å². The Hall–Kier alpha value is -3.52. The highest BCUT2D eigenvalue weighted by Gasteiger charge is 2.27. The Morgan fingerprint density at radius 3 is 2.59 bits per heavy atom. The van der Waals surface area contributed by atoms with Crippen molar-refractivity contribution in [3.05, 3.63) is 75.3 Å². The summed E-state index contributed by atoms with van der Waals surface area (Å²) < 4.78 is 0. The van der Waals surface area contributed by atoms with Crippen LogP contribution in [0.1, 0.15) is 18.4 Å². The molecule has 1 amide bonds. The van der Waals surface area contributed by atoms with Crippen molar-refractivity contribution in [1.82, 2.24) is 10.2 Å². The number of piperidine rings is 1. The number of nitro benzene ring substituents is 1. The molecule has 3 aromatic rings.